The fraction of sp³-hybridized carbons (Fsp3) is 0.667. The normalized spacial score (nSPS) is 10.9. The second-order valence-electron chi connectivity index (χ2n) is 3.35. The van der Waals surface area contributed by atoms with Crippen molar-refractivity contribution >= 4 is 0 Å². The second kappa shape index (κ2) is 4.93. The molecule has 3 heteroatoms. The smallest absolute Gasteiger partial charge is 0.124 e. The summed E-state index contributed by atoms with van der Waals surface area (Å²) in [6.45, 7) is 6.29. The zero-order valence-corrected chi connectivity index (χ0v) is 7.71. The Morgan fingerprint density at radius 1 is 1.58 bits per heavy atom. The van der Waals surface area contributed by atoms with Gasteiger partial charge in [0.1, 0.15) is 6.26 Å². The van der Waals surface area contributed by atoms with E-state index in [0.717, 1.165) is 24.7 Å². The van der Waals surface area contributed by atoms with Crippen molar-refractivity contribution in [2.45, 2.75) is 26.8 Å². The largest absolute Gasteiger partial charge is 0.364 e. The van der Waals surface area contributed by atoms with E-state index in [1.807, 2.05) is 6.07 Å². The molecule has 12 heavy (non-hydrogen) atoms. The average molecular weight is 168 g/mol. The first-order valence-corrected chi connectivity index (χ1v) is 4.39. The molecule has 0 spiro atoms. The fourth-order valence-corrected chi connectivity index (χ4v) is 0.936. The van der Waals surface area contributed by atoms with Crippen molar-refractivity contribution in [3.8, 4) is 0 Å². The second-order valence-corrected chi connectivity index (χ2v) is 3.35. The van der Waals surface area contributed by atoms with Crippen molar-refractivity contribution in [2.24, 2.45) is 5.92 Å². The molecule has 1 rings (SSSR count). The van der Waals surface area contributed by atoms with Gasteiger partial charge >= 0.3 is 0 Å². The van der Waals surface area contributed by atoms with E-state index in [9.17, 15) is 0 Å². The van der Waals surface area contributed by atoms with E-state index >= 15 is 0 Å². The summed E-state index contributed by atoms with van der Waals surface area (Å²) in [6, 6.07) is 1.88. The van der Waals surface area contributed by atoms with Gasteiger partial charge in [0.2, 0.25) is 0 Å². The first kappa shape index (κ1) is 9.26. The van der Waals surface area contributed by atoms with Gasteiger partial charge in [0.15, 0.2) is 0 Å². The highest BCUT2D eigenvalue weighted by Crippen LogP contribution is 1.97. The molecule has 0 saturated carbocycles. The van der Waals surface area contributed by atoms with Gasteiger partial charge in [0.05, 0.1) is 5.69 Å². The van der Waals surface area contributed by atoms with Crippen LogP contribution in [0.15, 0.2) is 16.9 Å². The van der Waals surface area contributed by atoms with E-state index < -0.39 is 0 Å². The Bertz CT molecular complexity index is 194. The molecular weight excluding hydrogens is 152 g/mol. The molecule has 0 aromatic carbocycles. The molecule has 0 aliphatic heterocycles. The van der Waals surface area contributed by atoms with Gasteiger partial charge in [0.25, 0.3) is 0 Å². The molecule has 0 saturated heterocycles. The van der Waals surface area contributed by atoms with Crippen LogP contribution in [-0.2, 0) is 6.54 Å². The number of rotatable bonds is 5. The third-order valence-electron chi connectivity index (χ3n) is 1.70. The van der Waals surface area contributed by atoms with E-state index in [4.69, 9.17) is 4.52 Å². The minimum absolute atomic E-state index is 0.759. The number of aromatic nitrogens is 1. The van der Waals surface area contributed by atoms with Crippen LogP contribution in [0.4, 0.5) is 0 Å². The lowest BCUT2D eigenvalue weighted by molar-refractivity contribution is 0.407. The zero-order valence-electron chi connectivity index (χ0n) is 7.71. The van der Waals surface area contributed by atoms with Crippen LogP contribution < -0.4 is 5.32 Å². The molecule has 0 amide bonds. The van der Waals surface area contributed by atoms with Gasteiger partial charge in [-0.3, -0.25) is 0 Å². The van der Waals surface area contributed by atoms with E-state index in [1.165, 1.54) is 6.42 Å². The van der Waals surface area contributed by atoms with E-state index in [1.54, 1.807) is 6.26 Å². The molecule has 0 aliphatic carbocycles. The standard InChI is InChI=1S/C9H16N2O/c1-8(2)3-5-10-7-9-4-6-12-11-9/h4,6,8,10H,3,5,7H2,1-2H3. The van der Waals surface area contributed by atoms with Crippen molar-refractivity contribution in [3.05, 3.63) is 18.0 Å². The lowest BCUT2D eigenvalue weighted by Crippen LogP contribution is -2.16. The highest BCUT2D eigenvalue weighted by molar-refractivity contribution is 4.93. The summed E-state index contributed by atoms with van der Waals surface area (Å²) >= 11 is 0. The van der Waals surface area contributed by atoms with Crippen LogP contribution in [0.1, 0.15) is 26.0 Å². The minimum atomic E-state index is 0.759. The Morgan fingerprint density at radius 3 is 3.00 bits per heavy atom. The summed E-state index contributed by atoms with van der Waals surface area (Å²) in [5.74, 6) is 0.759. The van der Waals surface area contributed by atoms with Gasteiger partial charge in [-0.1, -0.05) is 19.0 Å². The summed E-state index contributed by atoms with van der Waals surface area (Å²) in [5.41, 5.74) is 0.971. The molecule has 0 atom stereocenters. The van der Waals surface area contributed by atoms with Crippen molar-refractivity contribution in [1.29, 1.82) is 0 Å². The Hall–Kier alpha value is -0.830. The van der Waals surface area contributed by atoms with Crippen LogP contribution in [0.3, 0.4) is 0 Å². The third-order valence-corrected chi connectivity index (χ3v) is 1.70. The van der Waals surface area contributed by atoms with Gasteiger partial charge in [-0.25, -0.2) is 0 Å². The maximum atomic E-state index is 4.70. The quantitative estimate of drug-likeness (QED) is 0.681. The Morgan fingerprint density at radius 2 is 2.42 bits per heavy atom. The number of nitrogens with one attached hydrogen (secondary N) is 1. The molecule has 0 unspecified atom stereocenters. The van der Waals surface area contributed by atoms with Gasteiger partial charge in [-0.15, -0.1) is 0 Å². The van der Waals surface area contributed by atoms with Crippen molar-refractivity contribution in [1.82, 2.24) is 10.5 Å². The molecule has 1 aromatic heterocycles. The summed E-state index contributed by atoms with van der Waals surface area (Å²) in [6.07, 6.45) is 2.80. The number of hydrogen-bond acceptors (Lipinski definition) is 3. The SMILES string of the molecule is CC(C)CCNCc1ccon1. The predicted octanol–water partition coefficient (Wildman–Crippen LogP) is 1.81. The topological polar surface area (TPSA) is 38.1 Å². The lowest BCUT2D eigenvalue weighted by atomic mass is 10.1. The van der Waals surface area contributed by atoms with Gasteiger partial charge in [0, 0.05) is 12.6 Å². The fourth-order valence-electron chi connectivity index (χ4n) is 0.936. The minimum Gasteiger partial charge on any atom is -0.364 e. The van der Waals surface area contributed by atoms with E-state index in [2.05, 4.69) is 24.3 Å². The molecule has 1 heterocycles. The van der Waals surface area contributed by atoms with Gasteiger partial charge < -0.3 is 9.84 Å². The molecule has 0 radical (unpaired) electrons. The van der Waals surface area contributed by atoms with Crippen molar-refractivity contribution in [2.75, 3.05) is 6.54 Å². The predicted molar refractivity (Wildman–Crippen MR) is 47.7 cm³/mol. The Kier molecular flexibility index (Phi) is 3.80. The van der Waals surface area contributed by atoms with Crippen LogP contribution >= 0.6 is 0 Å². The lowest BCUT2D eigenvalue weighted by Gasteiger charge is -2.04. The number of nitrogens with zero attached hydrogens (tertiary/aromatic N) is 1. The van der Waals surface area contributed by atoms with Crippen molar-refractivity contribution in [3.63, 3.8) is 0 Å². The molecule has 68 valence electrons. The summed E-state index contributed by atoms with van der Waals surface area (Å²) in [7, 11) is 0. The maximum Gasteiger partial charge on any atom is 0.124 e. The summed E-state index contributed by atoms with van der Waals surface area (Å²) in [5, 5.41) is 7.09. The highest BCUT2D eigenvalue weighted by atomic mass is 16.5. The number of hydrogen-bond donors (Lipinski definition) is 1. The Balaban J connectivity index is 2.04. The van der Waals surface area contributed by atoms with Crippen molar-refractivity contribution < 1.29 is 4.52 Å². The van der Waals surface area contributed by atoms with Crippen LogP contribution in [0, 0.1) is 5.92 Å². The van der Waals surface area contributed by atoms with Crippen LogP contribution in [0.2, 0.25) is 0 Å². The molecule has 3 nitrogen and oxygen atoms in total. The average Bonchev–Trinajstić information content (AvgIpc) is 2.49. The maximum absolute atomic E-state index is 4.70. The van der Waals surface area contributed by atoms with Crippen LogP contribution in [-0.4, -0.2) is 11.7 Å². The Labute approximate surface area is 73.1 Å². The molecular formula is C9H16N2O. The molecule has 0 aliphatic rings. The van der Waals surface area contributed by atoms with Gasteiger partial charge in [-0.05, 0) is 18.9 Å². The highest BCUT2D eigenvalue weighted by Gasteiger charge is 1.96. The first-order valence-electron chi connectivity index (χ1n) is 4.39. The van der Waals surface area contributed by atoms with Crippen LogP contribution in [0.25, 0.3) is 0 Å². The summed E-state index contributed by atoms with van der Waals surface area (Å²) in [4.78, 5) is 0. The molecule has 0 bridgehead atoms. The molecule has 1 aromatic rings. The first-order chi connectivity index (χ1) is 5.79. The molecule has 0 fully saturated rings. The van der Waals surface area contributed by atoms with Gasteiger partial charge in [-0.2, -0.15) is 0 Å². The van der Waals surface area contributed by atoms with Crippen LogP contribution in [0.5, 0.6) is 0 Å². The molecule has 1 N–H and O–H groups in total. The van der Waals surface area contributed by atoms with E-state index in [0.29, 0.717) is 0 Å². The monoisotopic (exact) mass is 168 g/mol. The summed E-state index contributed by atoms with van der Waals surface area (Å²) < 4.78 is 4.70. The zero-order chi connectivity index (χ0) is 8.81. The van der Waals surface area contributed by atoms with E-state index in [-0.39, 0.29) is 0 Å². The third kappa shape index (κ3) is 3.53.